The number of ether oxygens (including phenoxy) is 1. The lowest BCUT2D eigenvalue weighted by Crippen LogP contribution is -2.54. The van der Waals surface area contributed by atoms with Crippen molar-refractivity contribution in [2.24, 2.45) is 0 Å². The molecule has 0 bridgehead atoms. The highest BCUT2D eigenvalue weighted by Crippen LogP contribution is 2.29. The number of methoxy groups -OCH3 is 1. The van der Waals surface area contributed by atoms with E-state index in [1.54, 1.807) is 13.2 Å². The average Bonchev–Trinajstić information content (AvgIpc) is 2.79. The second-order valence-electron chi connectivity index (χ2n) is 3.37. The minimum atomic E-state index is -1.68. The van der Waals surface area contributed by atoms with Crippen LogP contribution in [0, 0.1) is 0 Å². The second kappa shape index (κ2) is 7.21. The number of hydrogen-bond acceptors (Lipinski definition) is 4. The van der Waals surface area contributed by atoms with Crippen LogP contribution in [0.1, 0.15) is 10.6 Å². The molecule has 0 spiro atoms. The third-order valence-electron chi connectivity index (χ3n) is 2.00. The summed E-state index contributed by atoms with van der Waals surface area (Å²) in [6, 6.07) is 3.11. The molecule has 0 aliphatic carbocycles. The quantitative estimate of drug-likeness (QED) is 0.478. The first-order chi connectivity index (χ1) is 8.45. The molecule has 0 unspecified atom stereocenters. The van der Waals surface area contributed by atoms with Crippen molar-refractivity contribution in [3.63, 3.8) is 0 Å². The largest absolute Gasteiger partial charge is 0.459 e. The number of furan rings is 1. The van der Waals surface area contributed by atoms with Crippen molar-refractivity contribution in [1.82, 2.24) is 10.6 Å². The summed E-state index contributed by atoms with van der Waals surface area (Å²) in [6.07, 6.45) is 0.535. The normalized spacial score (nSPS) is 13.3. The molecule has 1 aromatic rings. The fraction of sp³-hybridized carbons (Fsp3) is 0.500. The molecule has 8 heteroatoms. The van der Waals surface area contributed by atoms with Crippen LogP contribution in [-0.2, 0) is 4.74 Å². The van der Waals surface area contributed by atoms with Crippen molar-refractivity contribution in [2.75, 3.05) is 20.3 Å². The van der Waals surface area contributed by atoms with Gasteiger partial charge in [-0.25, -0.2) is 0 Å². The van der Waals surface area contributed by atoms with E-state index < -0.39 is 15.9 Å². The van der Waals surface area contributed by atoms with Crippen molar-refractivity contribution < 1.29 is 13.9 Å². The molecule has 0 fully saturated rings. The molecule has 0 aliphatic heterocycles. The summed E-state index contributed by atoms with van der Waals surface area (Å²) in [6.45, 7) is 0.849. The van der Waals surface area contributed by atoms with Gasteiger partial charge in [0.05, 0.1) is 12.9 Å². The molecule has 1 amide bonds. The zero-order valence-electron chi connectivity index (χ0n) is 9.58. The van der Waals surface area contributed by atoms with Crippen LogP contribution >= 0.6 is 34.8 Å². The topological polar surface area (TPSA) is 63.5 Å². The van der Waals surface area contributed by atoms with Crippen LogP contribution in [0.2, 0.25) is 0 Å². The van der Waals surface area contributed by atoms with Crippen LogP contribution in [0.25, 0.3) is 0 Å². The third kappa shape index (κ3) is 5.04. The van der Waals surface area contributed by atoms with Crippen LogP contribution in [-0.4, -0.2) is 36.1 Å². The number of rotatable bonds is 6. The van der Waals surface area contributed by atoms with E-state index in [9.17, 15) is 4.79 Å². The predicted octanol–water partition coefficient (Wildman–Crippen LogP) is 1.94. The Bertz CT molecular complexity index is 365. The Morgan fingerprint density at radius 2 is 2.28 bits per heavy atom. The van der Waals surface area contributed by atoms with Crippen LogP contribution in [0.3, 0.4) is 0 Å². The highest BCUT2D eigenvalue weighted by molar-refractivity contribution is 6.68. The number of halogens is 3. The van der Waals surface area contributed by atoms with Crippen molar-refractivity contribution in [3.8, 4) is 0 Å². The Morgan fingerprint density at radius 1 is 1.56 bits per heavy atom. The molecule has 5 nitrogen and oxygen atoms in total. The van der Waals surface area contributed by atoms with Gasteiger partial charge in [-0.2, -0.15) is 0 Å². The van der Waals surface area contributed by atoms with Crippen molar-refractivity contribution >= 4 is 40.7 Å². The molecule has 1 atom stereocenters. The lowest BCUT2D eigenvalue weighted by atomic mass is 10.4. The maximum atomic E-state index is 11.7. The van der Waals surface area contributed by atoms with Gasteiger partial charge in [0.15, 0.2) is 5.76 Å². The molecular formula is C10H13Cl3N2O3. The van der Waals surface area contributed by atoms with Gasteiger partial charge in [0.1, 0.15) is 6.17 Å². The average molecular weight is 316 g/mol. The zero-order chi connectivity index (χ0) is 13.6. The van der Waals surface area contributed by atoms with Crippen LogP contribution in [0.15, 0.2) is 22.8 Å². The lowest BCUT2D eigenvalue weighted by molar-refractivity contribution is 0.0898. The predicted molar refractivity (Wildman–Crippen MR) is 70.1 cm³/mol. The van der Waals surface area contributed by atoms with Gasteiger partial charge < -0.3 is 14.5 Å². The van der Waals surface area contributed by atoms with E-state index in [4.69, 9.17) is 44.0 Å². The number of alkyl halides is 3. The highest BCUT2D eigenvalue weighted by atomic mass is 35.6. The number of carbonyl (C=O) groups is 1. The highest BCUT2D eigenvalue weighted by Gasteiger charge is 2.34. The molecule has 0 aromatic carbocycles. The van der Waals surface area contributed by atoms with Gasteiger partial charge in [-0.05, 0) is 12.1 Å². The summed E-state index contributed by atoms with van der Waals surface area (Å²) >= 11 is 17.3. The number of nitrogens with one attached hydrogen (secondary N) is 2. The summed E-state index contributed by atoms with van der Waals surface area (Å²) in [5.74, 6) is -0.330. The Hall–Kier alpha value is -0.460. The Morgan fingerprint density at radius 3 is 2.78 bits per heavy atom. The molecule has 0 aliphatic rings. The summed E-state index contributed by atoms with van der Waals surface area (Å²) < 4.78 is 8.12. The van der Waals surface area contributed by atoms with E-state index in [0.29, 0.717) is 13.2 Å². The third-order valence-corrected chi connectivity index (χ3v) is 2.66. The van der Waals surface area contributed by atoms with Crippen LogP contribution in [0.4, 0.5) is 0 Å². The maximum absolute atomic E-state index is 11.7. The van der Waals surface area contributed by atoms with Gasteiger partial charge in [-0.3, -0.25) is 10.1 Å². The van der Waals surface area contributed by atoms with E-state index in [0.717, 1.165) is 0 Å². The van der Waals surface area contributed by atoms with Gasteiger partial charge >= 0.3 is 0 Å². The second-order valence-corrected chi connectivity index (χ2v) is 5.74. The molecule has 1 aromatic heterocycles. The molecule has 0 saturated heterocycles. The minimum absolute atomic E-state index is 0.141. The van der Waals surface area contributed by atoms with Crippen molar-refractivity contribution in [1.29, 1.82) is 0 Å². The first-order valence-electron chi connectivity index (χ1n) is 5.08. The van der Waals surface area contributed by atoms with E-state index in [1.807, 2.05) is 0 Å². The van der Waals surface area contributed by atoms with Gasteiger partial charge in [0.2, 0.25) is 3.79 Å². The number of carbonyl (C=O) groups excluding carboxylic acids is 1. The Balaban J connectivity index is 2.58. The van der Waals surface area contributed by atoms with E-state index in [2.05, 4.69) is 10.6 Å². The Labute approximate surface area is 120 Å². The monoisotopic (exact) mass is 314 g/mol. The van der Waals surface area contributed by atoms with Gasteiger partial charge in [0, 0.05) is 13.7 Å². The first-order valence-corrected chi connectivity index (χ1v) is 6.22. The van der Waals surface area contributed by atoms with Gasteiger partial charge in [-0.1, -0.05) is 34.8 Å². The summed E-state index contributed by atoms with van der Waals surface area (Å²) in [5.41, 5.74) is 0. The smallest absolute Gasteiger partial charge is 0.288 e. The number of hydrogen-bond donors (Lipinski definition) is 2. The maximum Gasteiger partial charge on any atom is 0.288 e. The molecule has 1 heterocycles. The van der Waals surface area contributed by atoms with Gasteiger partial charge in [-0.15, -0.1) is 0 Å². The molecule has 0 saturated carbocycles. The van der Waals surface area contributed by atoms with E-state index in [1.165, 1.54) is 12.3 Å². The van der Waals surface area contributed by atoms with E-state index >= 15 is 0 Å². The summed E-state index contributed by atoms with van der Waals surface area (Å²) in [7, 11) is 1.55. The van der Waals surface area contributed by atoms with E-state index in [-0.39, 0.29) is 5.76 Å². The molecule has 18 heavy (non-hydrogen) atoms. The number of amides is 1. The van der Waals surface area contributed by atoms with Crippen LogP contribution in [0.5, 0.6) is 0 Å². The SMILES string of the molecule is COCCN[C@@H](NC(=O)c1ccco1)C(Cl)(Cl)Cl. The standard InChI is InChI=1S/C10H13Cl3N2O3/c1-17-6-4-14-9(10(11,12)13)15-8(16)7-3-2-5-18-7/h2-3,5,9,14H,4,6H2,1H3,(H,15,16)/t9-/m0/s1. The summed E-state index contributed by atoms with van der Waals surface area (Å²) in [4.78, 5) is 11.7. The Kier molecular flexibility index (Phi) is 6.25. The molecule has 1 rings (SSSR count). The molecule has 0 radical (unpaired) electrons. The molecular weight excluding hydrogens is 302 g/mol. The molecule has 102 valence electrons. The fourth-order valence-corrected chi connectivity index (χ4v) is 1.56. The molecule has 2 N–H and O–H groups in total. The first kappa shape index (κ1) is 15.6. The summed E-state index contributed by atoms with van der Waals surface area (Å²) in [5, 5.41) is 5.38. The van der Waals surface area contributed by atoms with Gasteiger partial charge in [0.25, 0.3) is 5.91 Å². The van der Waals surface area contributed by atoms with Crippen molar-refractivity contribution in [3.05, 3.63) is 24.2 Å². The minimum Gasteiger partial charge on any atom is -0.459 e. The lowest BCUT2D eigenvalue weighted by Gasteiger charge is -2.26. The van der Waals surface area contributed by atoms with Crippen molar-refractivity contribution in [2.45, 2.75) is 9.96 Å². The fourth-order valence-electron chi connectivity index (χ4n) is 1.16. The zero-order valence-corrected chi connectivity index (χ0v) is 11.9. The van der Waals surface area contributed by atoms with Crippen LogP contribution < -0.4 is 10.6 Å².